The zero-order valence-electron chi connectivity index (χ0n) is 12.0. The number of rotatable bonds is 2. The average Bonchev–Trinajstić information content (AvgIpc) is 2.53. The Labute approximate surface area is 111 Å². The summed E-state index contributed by atoms with van der Waals surface area (Å²) in [5.74, 6) is 1.33. The van der Waals surface area contributed by atoms with Crippen molar-refractivity contribution in [3.05, 3.63) is 0 Å². The van der Waals surface area contributed by atoms with E-state index in [-0.39, 0.29) is 5.41 Å². The van der Waals surface area contributed by atoms with Crippen molar-refractivity contribution in [3.63, 3.8) is 0 Å². The van der Waals surface area contributed by atoms with Gasteiger partial charge < -0.3 is 5.11 Å². The summed E-state index contributed by atoms with van der Waals surface area (Å²) in [5.41, 5.74) is -0.389. The predicted molar refractivity (Wildman–Crippen MR) is 73.4 cm³/mol. The van der Waals surface area contributed by atoms with E-state index in [2.05, 4.69) is 13.8 Å². The average molecular weight is 252 g/mol. The monoisotopic (exact) mass is 252 g/mol. The number of carboxylic acid groups (broad SMARTS) is 1. The Morgan fingerprint density at radius 1 is 0.944 bits per heavy atom. The van der Waals surface area contributed by atoms with E-state index in [0.717, 1.165) is 38.5 Å². The minimum atomic E-state index is -0.504. The van der Waals surface area contributed by atoms with Crippen molar-refractivity contribution in [3.8, 4) is 0 Å². The minimum Gasteiger partial charge on any atom is -0.481 e. The van der Waals surface area contributed by atoms with Gasteiger partial charge in [0.2, 0.25) is 0 Å². The molecule has 0 heterocycles. The highest BCUT2D eigenvalue weighted by Crippen LogP contribution is 2.49. The van der Waals surface area contributed by atoms with Crippen molar-refractivity contribution in [2.45, 2.75) is 71.6 Å². The summed E-state index contributed by atoms with van der Waals surface area (Å²) >= 11 is 0. The van der Waals surface area contributed by atoms with Crippen LogP contribution in [-0.4, -0.2) is 11.1 Å². The van der Waals surface area contributed by atoms with Gasteiger partial charge in [0, 0.05) is 0 Å². The van der Waals surface area contributed by atoms with Crippen molar-refractivity contribution in [1.82, 2.24) is 0 Å². The molecule has 0 spiro atoms. The molecule has 0 aromatic rings. The van der Waals surface area contributed by atoms with Crippen LogP contribution in [0.1, 0.15) is 71.6 Å². The number of hydrogen-bond donors (Lipinski definition) is 1. The summed E-state index contributed by atoms with van der Waals surface area (Å²) in [4.78, 5) is 11.9. The van der Waals surface area contributed by atoms with Crippen molar-refractivity contribution in [2.24, 2.45) is 23.2 Å². The molecular weight excluding hydrogens is 224 g/mol. The molecule has 1 N–H and O–H groups in total. The SMILES string of the molecule is CC1CC(C)CC(C2(C(=O)O)CCCCCC2)C1. The number of carbonyl (C=O) groups is 1. The Balaban J connectivity index is 2.20. The van der Waals surface area contributed by atoms with Gasteiger partial charge in [0.15, 0.2) is 0 Å². The van der Waals surface area contributed by atoms with Gasteiger partial charge in [-0.05, 0) is 49.9 Å². The molecule has 104 valence electrons. The zero-order valence-corrected chi connectivity index (χ0v) is 12.0. The maximum Gasteiger partial charge on any atom is 0.309 e. The van der Waals surface area contributed by atoms with Crippen LogP contribution in [0.5, 0.6) is 0 Å². The molecule has 2 aliphatic rings. The lowest BCUT2D eigenvalue weighted by Gasteiger charge is -2.43. The molecule has 0 aromatic heterocycles. The van der Waals surface area contributed by atoms with E-state index in [1.807, 2.05) is 0 Å². The lowest BCUT2D eigenvalue weighted by atomic mass is 9.61. The molecule has 18 heavy (non-hydrogen) atoms. The fraction of sp³-hybridized carbons (Fsp3) is 0.938. The van der Waals surface area contributed by atoms with E-state index in [1.54, 1.807) is 0 Å². The van der Waals surface area contributed by atoms with E-state index in [4.69, 9.17) is 0 Å². The van der Waals surface area contributed by atoms with Crippen LogP contribution in [0.4, 0.5) is 0 Å². The van der Waals surface area contributed by atoms with Crippen LogP contribution < -0.4 is 0 Å². The molecule has 2 unspecified atom stereocenters. The van der Waals surface area contributed by atoms with Crippen LogP contribution in [-0.2, 0) is 4.79 Å². The van der Waals surface area contributed by atoms with Gasteiger partial charge in [-0.1, -0.05) is 39.5 Å². The molecular formula is C16H28O2. The van der Waals surface area contributed by atoms with Gasteiger partial charge in [0.25, 0.3) is 0 Å². The largest absolute Gasteiger partial charge is 0.481 e. The number of hydrogen-bond acceptors (Lipinski definition) is 1. The highest BCUT2D eigenvalue weighted by atomic mass is 16.4. The lowest BCUT2D eigenvalue weighted by Crippen LogP contribution is -2.41. The molecule has 0 bridgehead atoms. The normalized spacial score (nSPS) is 36.9. The molecule has 2 nitrogen and oxygen atoms in total. The van der Waals surface area contributed by atoms with Crippen LogP contribution in [0.15, 0.2) is 0 Å². The maximum atomic E-state index is 11.9. The molecule has 2 atom stereocenters. The second kappa shape index (κ2) is 5.63. The Bertz CT molecular complexity index is 279. The molecule has 0 saturated heterocycles. The van der Waals surface area contributed by atoms with Gasteiger partial charge in [-0.15, -0.1) is 0 Å². The van der Waals surface area contributed by atoms with Crippen LogP contribution in [0.3, 0.4) is 0 Å². The Morgan fingerprint density at radius 2 is 1.44 bits per heavy atom. The van der Waals surface area contributed by atoms with Crippen LogP contribution in [0.2, 0.25) is 0 Å². The summed E-state index contributed by atoms with van der Waals surface area (Å²) in [6.07, 6.45) is 10.1. The molecule has 2 saturated carbocycles. The fourth-order valence-electron chi connectivity index (χ4n) is 4.55. The maximum absolute atomic E-state index is 11.9. The van der Waals surface area contributed by atoms with Crippen LogP contribution in [0.25, 0.3) is 0 Å². The topological polar surface area (TPSA) is 37.3 Å². The van der Waals surface area contributed by atoms with Crippen LogP contribution >= 0.6 is 0 Å². The highest BCUT2D eigenvalue weighted by Gasteiger charge is 2.47. The molecule has 0 radical (unpaired) electrons. The van der Waals surface area contributed by atoms with E-state index in [9.17, 15) is 9.90 Å². The van der Waals surface area contributed by atoms with Gasteiger partial charge in [-0.2, -0.15) is 0 Å². The zero-order chi connectivity index (χ0) is 13.2. The van der Waals surface area contributed by atoms with Gasteiger partial charge in [0.1, 0.15) is 0 Å². The predicted octanol–water partition coefficient (Wildman–Crippen LogP) is 4.48. The van der Waals surface area contributed by atoms with Gasteiger partial charge in [0.05, 0.1) is 5.41 Å². The van der Waals surface area contributed by atoms with Crippen molar-refractivity contribution < 1.29 is 9.90 Å². The summed E-state index contributed by atoms with van der Waals surface area (Å²) in [6, 6.07) is 0. The van der Waals surface area contributed by atoms with Crippen LogP contribution in [0, 0.1) is 23.2 Å². The third-order valence-corrected chi connectivity index (χ3v) is 5.38. The molecule has 0 aromatic carbocycles. The molecule has 2 heteroatoms. The Kier molecular flexibility index (Phi) is 4.34. The first-order valence-electron chi connectivity index (χ1n) is 7.78. The van der Waals surface area contributed by atoms with E-state index in [0.29, 0.717) is 17.8 Å². The van der Waals surface area contributed by atoms with Gasteiger partial charge >= 0.3 is 5.97 Å². The quantitative estimate of drug-likeness (QED) is 0.735. The van der Waals surface area contributed by atoms with Gasteiger partial charge in [-0.3, -0.25) is 4.79 Å². The Morgan fingerprint density at radius 3 is 1.89 bits per heavy atom. The van der Waals surface area contributed by atoms with E-state index < -0.39 is 5.97 Å². The first-order valence-corrected chi connectivity index (χ1v) is 7.78. The minimum absolute atomic E-state index is 0.389. The van der Waals surface area contributed by atoms with E-state index >= 15 is 0 Å². The highest BCUT2D eigenvalue weighted by molar-refractivity contribution is 5.75. The third-order valence-electron chi connectivity index (χ3n) is 5.38. The second-order valence-electron chi connectivity index (χ2n) is 6.99. The first kappa shape index (κ1) is 13.9. The van der Waals surface area contributed by atoms with Crippen molar-refractivity contribution >= 4 is 5.97 Å². The molecule has 0 aliphatic heterocycles. The Hall–Kier alpha value is -0.530. The standard InChI is InChI=1S/C16H28O2/c1-12-9-13(2)11-14(10-12)16(15(17)18)7-5-3-4-6-8-16/h12-14H,3-11H2,1-2H3,(H,17,18). The molecule has 0 amide bonds. The third kappa shape index (κ3) is 2.73. The molecule has 2 aliphatic carbocycles. The lowest BCUT2D eigenvalue weighted by molar-refractivity contribution is -0.156. The number of carboxylic acids is 1. The van der Waals surface area contributed by atoms with Crippen molar-refractivity contribution in [1.29, 1.82) is 0 Å². The summed E-state index contributed by atoms with van der Waals surface area (Å²) in [5, 5.41) is 9.84. The van der Waals surface area contributed by atoms with E-state index in [1.165, 1.54) is 19.3 Å². The molecule has 2 rings (SSSR count). The molecule has 2 fully saturated rings. The van der Waals surface area contributed by atoms with Gasteiger partial charge in [-0.25, -0.2) is 0 Å². The smallest absolute Gasteiger partial charge is 0.309 e. The summed E-state index contributed by atoms with van der Waals surface area (Å²) in [6.45, 7) is 4.60. The first-order chi connectivity index (χ1) is 8.54. The fourth-order valence-corrected chi connectivity index (χ4v) is 4.55. The number of aliphatic carboxylic acids is 1. The summed E-state index contributed by atoms with van der Waals surface area (Å²) in [7, 11) is 0. The summed E-state index contributed by atoms with van der Waals surface area (Å²) < 4.78 is 0. The van der Waals surface area contributed by atoms with Crippen molar-refractivity contribution in [2.75, 3.05) is 0 Å². The second-order valence-corrected chi connectivity index (χ2v) is 6.99.